The van der Waals surface area contributed by atoms with Gasteiger partial charge in [0.05, 0.1) is 6.10 Å². The lowest BCUT2D eigenvalue weighted by molar-refractivity contribution is 0.0822. The lowest BCUT2D eigenvalue weighted by Gasteiger charge is -2.25. The molecule has 1 N–H and O–H groups in total. The van der Waals surface area contributed by atoms with E-state index in [4.69, 9.17) is 0 Å². The first-order valence-corrected chi connectivity index (χ1v) is 4.71. The van der Waals surface area contributed by atoms with E-state index in [1.807, 2.05) is 0 Å². The van der Waals surface area contributed by atoms with Crippen LogP contribution in [0.5, 0.6) is 0 Å². The molecule has 0 unspecified atom stereocenters. The van der Waals surface area contributed by atoms with E-state index >= 15 is 0 Å². The number of alkyl halides is 1. The van der Waals surface area contributed by atoms with E-state index < -0.39 is 0 Å². The molecule has 0 saturated heterocycles. The van der Waals surface area contributed by atoms with Gasteiger partial charge < -0.3 is 5.11 Å². The molecule has 1 fully saturated rings. The molecule has 0 aromatic rings. The quantitative estimate of drug-likeness (QED) is 0.631. The topological polar surface area (TPSA) is 20.2 Å². The van der Waals surface area contributed by atoms with Gasteiger partial charge >= 0.3 is 0 Å². The third-order valence-electron chi connectivity index (χ3n) is 2.07. The highest BCUT2D eigenvalue weighted by Crippen LogP contribution is 2.25. The summed E-state index contributed by atoms with van der Waals surface area (Å²) in [6.45, 7) is 0. The normalized spacial score (nSPS) is 36.7. The molecule has 0 aliphatic heterocycles. The van der Waals surface area contributed by atoms with Crippen molar-refractivity contribution >= 4 is 15.9 Å². The molecule has 9 heavy (non-hydrogen) atoms. The number of rotatable bonds is 1. The van der Waals surface area contributed by atoms with Crippen LogP contribution in [0.3, 0.4) is 0 Å². The van der Waals surface area contributed by atoms with E-state index in [0.29, 0.717) is 5.92 Å². The largest absolute Gasteiger partial charge is 0.393 e. The molecular formula is C7H13BrO. The van der Waals surface area contributed by atoms with Crippen molar-refractivity contribution in [2.75, 3.05) is 5.33 Å². The van der Waals surface area contributed by atoms with Crippen LogP contribution >= 0.6 is 15.9 Å². The molecule has 0 bridgehead atoms. The molecule has 54 valence electrons. The Bertz CT molecular complexity index is 85.0. The maximum atomic E-state index is 9.34. The lowest BCUT2D eigenvalue weighted by Crippen LogP contribution is -2.25. The average Bonchev–Trinajstić information content (AvgIpc) is 1.89. The van der Waals surface area contributed by atoms with Crippen LogP contribution in [0.4, 0.5) is 0 Å². The van der Waals surface area contributed by atoms with Crippen molar-refractivity contribution < 1.29 is 5.11 Å². The standard InChI is InChI=1S/C7H13BrO/c8-5-6-3-1-2-4-7(6)9/h6-7,9H,1-5H2/t6-,7+/m1/s1. The monoisotopic (exact) mass is 192 g/mol. The SMILES string of the molecule is O[C@H]1CCCC[C@@H]1CBr. The van der Waals surface area contributed by atoms with Gasteiger partial charge in [0.2, 0.25) is 0 Å². The van der Waals surface area contributed by atoms with Gasteiger partial charge in [-0.25, -0.2) is 0 Å². The van der Waals surface area contributed by atoms with Gasteiger partial charge in [0.25, 0.3) is 0 Å². The highest BCUT2D eigenvalue weighted by atomic mass is 79.9. The minimum absolute atomic E-state index is 0.0295. The number of hydrogen-bond acceptors (Lipinski definition) is 1. The Kier molecular flexibility index (Phi) is 2.99. The van der Waals surface area contributed by atoms with Crippen molar-refractivity contribution in [1.29, 1.82) is 0 Å². The van der Waals surface area contributed by atoms with Gasteiger partial charge in [-0.05, 0) is 18.8 Å². The Balaban J connectivity index is 2.30. The second kappa shape index (κ2) is 3.57. The van der Waals surface area contributed by atoms with Crippen molar-refractivity contribution in [3.8, 4) is 0 Å². The predicted molar refractivity (Wildman–Crippen MR) is 41.8 cm³/mol. The summed E-state index contributed by atoms with van der Waals surface area (Å²) in [5.41, 5.74) is 0. The number of hydrogen-bond donors (Lipinski definition) is 1. The van der Waals surface area contributed by atoms with Gasteiger partial charge in [0.1, 0.15) is 0 Å². The molecule has 0 radical (unpaired) electrons. The summed E-state index contributed by atoms with van der Waals surface area (Å²) < 4.78 is 0. The van der Waals surface area contributed by atoms with Crippen LogP contribution in [0, 0.1) is 5.92 Å². The van der Waals surface area contributed by atoms with E-state index in [2.05, 4.69) is 15.9 Å². The van der Waals surface area contributed by atoms with Crippen LogP contribution in [-0.2, 0) is 0 Å². The maximum Gasteiger partial charge on any atom is 0.0576 e. The molecule has 0 amide bonds. The van der Waals surface area contributed by atoms with Crippen LogP contribution < -0.4 is 0 Å². The Morgan fingerprint density at radius 3 is 2.44 bits per heavy atom. The third kappa shape index (κ3) is 1.94. The van der Waals surface area contributed by atoms with Gasteiger partial charge in [0.15, 0.2) is 0 Å². The summed E-state index contributed by atoms with van der Waals surface area (Å²) in [4.78, 5) is 0. The Morgan fingerprint density at radius 1 is 1.33 bits per heavy atom. The second-order valence-electron chi connectivity index (χ2n) is 2.77. The molecule has 0 spiro atoms. The zero-order valence-electron chi connectivity index (χ0n) is 5.52. The van der Waals surface area contributed by atoms with Crippen molar-refractivity contribution in [2.45, 2.75) is 31.8 Å². The summed E-state index contributed by atoms with van der Waals surface area (Å²) in [6.07, 6.45) is 4.69. The Morgan fingerprint density at radius 2 is 2.00 bits per heavy atom. The summed E-state index contributed by atoms with van der Waals surface area (Å²) in [6, 6.07) is 0. The number of aliphatic hydroxyl groups is 1. The summed E-state index contributed by atoms with van der Waals surface area (Å²) in [5, 5.41) is 10.3. The highest BCUT2D eigenvalue weighted by molar-refractivity contribution is 9.09. The van der Waals surface area contributed by atoms with Gasteiger partial charge in [-0.2, -0.15) is 0 Å². The molecule has 1 rings (SSSR count). The minimum atomic E-state index is -0.0295. The summed E-state index contributed by atoms with van der Waals surface area (Å²) >= 11 is 3.39. The summed E-state index contributed by atoms with van der Waals surface area (Å²) in [7, 11) is 0. The van der Waals surface area contributed by atoms with Crippen LogP contribution in [0.1, 0.15) is 25.7 Å². The molecular weight excluding hydrogens is 180 g/mol. The fourth-order valence-electron chi connectivity index (χ4n) is 1.37. The highest BCUT2D eigenvalue weighted by Gasteiger charge is 2.20. The zero-order chi connectivity index (χ0) is 6.69. The van der Waals surface area contributed by atoms with Crippen LogP contribution in [0.15, 0.2) is 0 Å². The van der Waals surface area contributed by atoms with Crippen LogP contribution in [0.25, 0.3) is 0 Å². The second-order valence-corrected chi connectivity index (χ2v) is 3.41. The van der Waals surface area contributed by atoms with E-state index in [1.54, 1.807) is 0 Å². The first kappa shape index (κ1) is 7.55. The molecule has 1 aliphatic carbocycles. The average molecular weight is 193 g/mol. The molecule has 1 nitrogen and oxygen atoms in total. The van der Waals surface area contributed by atoms with Gasteiger partial charge in [-0.15, -0.1) is 0 Å². The van der Waals surface area contributed by atoms with Gasteiger partial charge in [-0.3, -0.25) is 0 Å². The van der Waals surface area contributed by atoms with E-state index in [-0.39, 0.29) is 6.10 Å². The fourth-order valence-corrected chi connectivity index (χ4v) is 2.12. The minimum Gasteiger partial charge on any atom is -0.393 e. The Labute approximate surface area is 64.6 Å². The molecule has 1 aliphatic rings. The van der Waals surface area contributed by atoms with E-state index in [0.717, 1.165) is 11.8 Å². The van der Waals surface area contributed by atoms with Gasteiger partial charge in [0, 0.05) is 5.33 Å². The molecule has 0 aromatic heterocycles. The van der Waals surface area contributed by atoms with Crippen molar-refractivity contribution in [1.82, 2.24) is 0 Å². The smallest absolute Gasteiger partial charge is 0.0576 e. The first-order valence-electron chi connectivity index (χ1n) is 3.58. The maximum absolute atomic E-state index is 9.34. The molecule has 0 aromatic carbocycles. The zero-order valence-corrected chi connectivity index (χ0v) is 7.10. The number of halogens is 1. The number of aliphatic hydroxyl groups excluding tert-OH is 1. The summed E-state index contributed by atoms with van der Waals surface area (Å²) in [5.74, 6) is 0.527. The van der Waals surface area contributed by atoms with Crippen LogP contribution in [-0.4, -0.2) is 16.5 Å². The first-order chi connectivity index (χ1) is 4.34. The third-order valence-corrected chi connectivity index (χ3v) is 2.90. The molecule has 1 saturated carbocycles. The lowest BCUT2D eigenvalue weighted by atomic mass is 9.88. The van der Waals surface area contributed by atoms with E-state index in [1.165, 1.54) is 19.3 Å². The van der Waals surface area contributed by atoms with E-state index in [9.17, 15) is 5.11 Å². The van der Waals surface area contributed by atoms with Crippen molar-refractivity contribution in [3.63, 3.8) is 0 Å². The van der Waals surface area contributed by atoms with Gasteiger partial charge in [-0.1, -0.05) is 28.8 Å². The molecule has 0 heterocycles. The molecule has 2 atom stereocenters. The van der Waals surface area contributed by atoms with Crippen LogP contribution in [0.2, 0.25) is 0 Å². The predicted octanol–water partition coefficient (Wildman–Crippen LogP) is 1.93. The van der Waals surface area contributed by atoms with Crippen molar-refractivity contribution in [3.05, 3.63) is 0 Å². The fraction of sp³-hybridized carbons (Fsp3) is 1.00. The Hall–Kier alpha value is 0.440. The molecule has 2 heteroatoms. The van der Waals surface area contributed by atoms with Crippen molar-refractivity contribution in [2.24, 2.45) is 5.92 Å².